The molecule has 2 saturated heterocycles. The molecule has 5 aromatic rings. The van der Waals surface area contributed by atoms with Gasteiger partial charge in [0.2, 0.25) is 0 Å². The molecule has 1 N–H and O–H groups in total. The van der Waals surface area contributed by atoms with Crippen LogP contribution < -0.4 is 15.1 Å². The molecule has 1 aliphatic carbocycles. The number of allylic oxidation sites excluding steroid dienone is 1. The van der Waals surface area contributed by atoms with Crippen molar-refractivity contribution >= 4 is 22.4 Å². The lowest BCUT2D eigenvalue weighted by molar-refractivity contribution is 0.153. The minimum absolute atomic E-state index is 0.116. The molecule has 1 atom stereocenters. The summed E-state index contributed by atoms with van der Waals surface area (Å²) < 4.78 is 17.4. The number of aromatic nitrogens is 4. The third-order valence-electron chi connectivity index (χ3n) is 12.0. The predicted molar refractivity (Wildman–Crippen MR) is 223 cm³/mol. The molecule has 4 aliphatic rings. The van der Waals surface area contributed by atoms with Crippen molar-refractivity contribution in [3.8, 4) is 17.1 Å². The van der Waals surface area contributed by atoms with Gasteiger partial charge in [0, 0.05) is 66.8 Å². The number of hydrogen-bond acceptors (Lipinski definition) is 7. The second-order valence-electron chi connectivity index (χ2n) is 15.2. The van der Waals surface area contributed by atoms with E-state index in [1.165, 1.54) is 11.1 Å². The molecular weight excluding hydrogens is 684 g/mol. The summed E-state index contributed by atoms with van der Waals surface area (Å²) >= 11 is 0. The highest BCUT2D eigenvalue weighted by Gasteiger charge is 2.35. The van der Waals surface area contributed by atoms with Crippen LogP contribution >= 0.6 is 0 Å². The van der Waals surface area contributed by atoms with Gasteiger partial charge >= 0.3 is 0 Å². The summed E-state index contributed by atoms with van der Waals surface area (Å²) in [5, 5.41) is 12.3. The standard InChI is InChI=1S/C44H47FN8.C2H6/c1-29-11-17-41(31(3)47-29)52-20-7-10-37-38(24-34(45)25-42(37)52)32-12-14-35(15-13-32)50-22-23-51(30(2)28-50)36-16-18-44(46-27-36)53-21-19-39-43(53)26-40(49-48-39)33-8-5-4-6-9-33;1-2/h4-6,8-9,16,18-19,21,24-27,32,35,41,47H,1-3,7,10-15,17,20,22-23,28H2;1-2H3. The van der Waals surface area contributed by atoms with Crippen molar-refractivity contribution in [2.24, 2.45) is 0 Å². The molecule has 9 heteroatoms. The molecule has 3 fully saturated rings. The van der Waals surface area contributed by atoms with E-state index in [0.29, 0.717) is 12.0 Å². The zero-order valence-corrected chi connectivity index (χ0v) is 32.4. The van der Waals surface area contributed by atoms with Crippen molar-refractivity contribution in [1.82, 2.24) is 30.0 Å². The van der Waals surface area contributed by atoms with Crippen LogP contribution in [0.25, 0.3) is 28.1 Å². The topological polar surface area (TPSA) is 65.3 Å². The maximum Gasteiger partial charge on any atom is 0.137 e. The molecule has 0 bridgehead atoms. The van der Waals surface area contributed by atoms with Crippen molar-refractivity contribution in [3.63, 3.8) is 0 Å². The Balaban J connectivity index is 0.00000210. The fourth-order valence-corrected chi connectivity index (χ4v) is 9.33. The third kappa shape index (κ3) is 7.30. The van der Waals surface area contributed by atoms with E-state index in [-0.39, 0.29) is 11.9 Å². The van der Waals surface area contributed by atoms with E-state index in [0.717, 1.165) is 134 Å². The van der Waals surface area contributed by atoms with Gasteiger partial charge in [-0.25, -0.2) is 9.37 Å². The highest BCUT2D eigenvalue weighted by Crippen LogP contribution is 2.43. The number of anilines is 2. The van der Waals surface area contributed by atoms with Gasteiger partial charge in [0.15, 0.2) is 0 Å². The number of halogens is 1. The monoisotopic (exact) mass is 736 g/mol. The molecule has 8 nitrogen and oxygen atoms in total. The Labute approximate surface area is 325 Å². The molecule has 284 valence electrons. The summed E-state index contributed by atoms with van der Waals surface area (Å²) in [6.45, 7) is 20.6. The maximum atomic E-state index is 15.3. The van der Waals surface area contributed by atoms with Crippen LogP contribution in [0.1, 0.15) is 75.8 Å². The van der Waals surface area contributed by atoms with Crippen LogP contribution in [-0.2, 0) is 6.42 Å². The molecule has 3 aliphatic heterocycles. The van der Waals surface area contributed by atoms with Crippen LogP contribution in [0.5, 0.6) is 0 Å². The second-order valence-corrected chi connectivity index (χ2v) is 15.2. The Hall–Kier alpha value is -5.28. The average Bonchev–Trinajstić information content (AvgIpc) is 3.65. The van der Waals surface area contributed by atoms with Crippen molar-refractivity contribution < 1.29 is 4.39 Å². The first-order valence-electron chi connectivity index (χ1n) is 20.2. The third-order valence-corrected chi connectivity index (χ3v) is 12.0. The number of hydrogen-bond donors (Lipinski definition) is 1. The zero-order valence-electron chi connectivity index (χ0n) is 32.4. The van der Waals surface area contributed by atoms with Gasteiger partial charge in [-0.2, -0.15) is 0 Å². The van der Waals surface area contributed by atoms with Crippen molar-refractivity contribution in [3.05, 3.63) is 133 Å². The molecule has 9 rings (SSSR count). The fourth-order valence-electron chi connectivity index (χ4n) is 9.33. The van der Waals surface area contributed by atoms with Crippen LogP contribution in [0.2, 0.25) is 0 Å². The van der Waals surface area contributed by atoms with Gasteiger partial charge in [-0.15, -0.1) is 10.2 Å². The first-order valence-corrected chi connectivity index (χ1v) is 20.2. The first-order chi connectivity index (χ1) is 26.9. The van der Waals surface area contributed by atoms with Crippen molar-refractivity contribution in [2.75, 3.05) is 36.0 Å². The van der Waals surface area contributed by atoms with E-state index in [9.17, 15) is 0 Å². The number of nitrogens with zero attached hydrogens (tertiary/aromatic N) is 7. The zero-order chi connectivity index (χ0) is 38.1. The number of piperidine rings is 1. The molecule has 0 spiro atoms. The Morgan fingerprint density at radius 2 is 1.65 bits per heavy atom. The van der Waals surface area contributed by atoms with Crippen LogP contribution in [0.15, 0.2) is 116 Å². The minimum Gasteiger partial charge on any atom is -0.363 e. The molecule has 3 aromatic heterocycles. The first kappa shape index (κ1) is 36.7. The SMILES string of the molecule is C=C1CCC(N2CCCc3c(C4CCC(N5CCN(c6ccc(-n7ccc8nnc(-c9ccccc9)cc87)nc6)C(=C)C5)CC4)cc(F)cc32)C(=C)N1.CC. The summed E-state index contributed by atoms with van der Waals surface area (Å²) in [6.07, 6.45) is 12.4. The van der Waals surface area contributed by atoms with E-state index < -0.39 is 0 Å². The number of rotatable bonds is 6. The summed E-state index contributed by atoms with van der Waals surface area (Å²) in [5.41, 5.74) is 11.5. The lowest BCUT2D eigenvalue weighted by Gasteiger charge is -2.44. The number of nitrogens with one attached hydrogen (secondary N) is 1. The second kappa shape index (κ2) is 15.8. The number of pyridine rings is 1. The molecule has 0 amide bonds. The molecular formula is C46H53FN8. The van der Waals surface area contributed by atoms with E-state index in [1.807, 2.05) is 68.7 Å². The minimum atomic E-state index is -0.116. The van der Waals surface area contributed by atoms with E-state index >= 15 is 4.39 Å². The lowest BCUT2D eigenvalue weighted by atomic mass is 9.77. The maximum absolute atomic E-state index is 15.3. The fraction of sp³-hybridized carbons (Fsp3) is 0.370. The van der Waals surface area contributed by atoms with Crippen LogP contribution in [-0.4, -0.2) is 62.9 Å². The Kier molecular flexibility index (Phi) is 10.6. The summed E-state index contributed by atoms with van der Waals surface area (Å²) in [4.78, 5) is 12.2. The van der Waals surface area contributed by atoms with E-state index in [4.69, 9.17) is 4.98 Å². The Morgan fingerprint density at radius 1 is 0.836 bits per heavy atom. The van der Waals surface area contributed by atoms with Gasteiger partial charge in [-0.05, 0) is 105 Å². The van der Waals surface area contributed by atoms with Crippen LogP contribution in [0, 0.1) is 5.82 Å². The number of piperazine rings is 1. The van der Waals surface area contributed by atoms with Crippen molar-refractivity contribution in [1.29, 1.82) is 0 Å². The van der Waals surface area contributed by atoms with E-state index in [2.05, 4.69) is 72.7 Å². The lowest BCUT2D eigenvalue weighted by Crippen LogP contribution is -2.49. The van der Waals surface area contributed by atoms with Crippen LogP contribution in [0.3, 0.4) is 0 Å². The molecule has 6 heterocycles. The average molecular weight is 737 g/mol. The Morgan fingerprint density at radius 3 is 2.40 bits per heavy atom. The Bertz CT molecular complexity index is 2180. The smallest absolute Gasteiger partial charge is 0.137 e. The summed E-state index contributed by atoms with van der Waals surface area (Å²) in [6, 6.07) is 22.7. The van der Waals surface area contributed by atoms with Gasteiger partial charge in [0.1, 0.15) is 17.2 Å². The van der Waals surface area contributed by atoms with Crippen LogP contribution in [0.4, 0.5) is 15.8 Å². The highest BCUT2D eigenvalue weighted by molar-refractivity contribution is 5.81. The number of fused-ring (bicyclic) bond motifs is 2. The van der Waals surface area contributed by atoms with Gasteiger partial charge in [-0.1, -0.05) is 63.9 Å². The molecule has 1 unspecified atom stereocenters. The van der Waals surface area contributed by atoms with Gasteiger partial charge in [0.05, 0.1) is 29.1 Å². The van der Waals surface area contributed by atoms with Gasteiger partial charge in [0.25, 0.3) is 0 Å². The van der Waals surface area contributed by atoms with Gasteiger partial charge in [-0.3, -0.25) is 9.47 Å². The van der Waals surface area contributed by atoms with Crippen molar-refractivity contribution in [2.45, 2.75) is 83.2 Å². The van der Waals surface area contributed by atoms with E-state index in [1.54, 1.807) is 6.07 Å². The predicted octanol–water partition coefficient (Wildman–Crippen LogP) is 9.54. The highest BCUT2D eigenvalue weighted by atomic mass is 19.1. The number of benzene rings is 2. The normalized spacial score (nSPS) is 21.9. The largest absolute Gasteiger partial charge is 0.363 e. The molecule has 2 aromatic carbocycles. The summed E-state index contributed by atoms with van der Waals surface area (Å²) in [5.74, 6) is 1.12. The molecule has 0 radical (unpaired) electrons. The van der Waals surface area contributed by atoms with Gasteiger partial charge < -0.3 is 15.1 Å². The summed E-state index contributed by atoms with van der Waals surface area (Å²) in [7, 11) is 0. The quantitative estimate of drug-likeness (QED) is 0.186. The molecule has 1 saturated carbocycles. The molecule has 55 heavy (non-hydrogen) atoms.